The van der Waals surface area contributed by atoms with Crippen LogP contribution in [-0.4, -0.2) is 68.7 Å². The molecule has 29 heavy (non-hydrogen) atoms. The highest BCUT2D eigenvalue weighted by Gasteiger charge is 2.30. The predicted molar refractivity (Wildman–Crippen MR) is 115 cm³/mol. The standard InChI is InChI=1S/C23H29N5O/c1-17-21(26-20-9-4-3-8-19(20)25-17)15-28-14-11-22(23(29)16-28)27(2)13-10-18-7-5-6-12-24-18/h3-9,12,22-23,29H,10-11,13-16H2,1-2H3/t22-,23-/m1/s1. The molecular weight excluding hydrogens is 362 g/mol. The average molecular weight is 392 g/mol. The highest BCUT2D eigenvalue weighted by molar-refractivity contribution is 5.74. The largest absolute Gasteiger partial charge is 0.390 e. The number of fused-ring (bicyclic) bond motifs is 1. The molecule has 6 nitrogen and oxygen atoms in total. The summed E-state index contributed by atoms with van der Waals surface area (Å²) >= 11 is 0. The van der Waals surface area contributed by atoms with Crippen molar-refractivity contribution in [2.24, 2.45) is 0 Å². The van der Waals surface area contributed by atoms with Gasteiger partial charge in [0, 0.05) is 50.5 Å². The van der Waals surface area contributed by atoms with Crippen molar-refractivity contribution in [2.75, 3.05) is 26.7 Å². The Morgan fingerprint density at radius 1 is 1.10 bits per heavy atom. The fourth-order valence-corrected chi connectivity index (χ4v) is 4.13. The zero-order chi connectivity index (χ0) is 20.2. The Kier molecular flexibility index (Phi) is 6.13. The molecule has 0 amide bonds. The maximum absolute atomic E-state index is 10.8. The van der Waals surface area contributed by atoms with E-state index in [9.17, 15) is 5.11 Å². The fourth-order valence-electron chi connectivity index (χ4n) is 4.13. The van der Waals surface area contributed by atoms with E-state index in [-0.39, 0.29) is 12.1 Å². The van der Waals surface area contributed by atoms with Crippen LogP contribution in [0, 0.1) is 6.92 Å². The van der Waals surface area contributed by atoms with Crippen LogP contribution in [0.4, 0.5) is 0 Å². The van der Waals surface area contributed by atoms with Gasteiger partial charge in [-0.05, 0) is 44.7 Å². The van der Waals surface area contributed by atoms with Crippen molar-refractivity contribution in [3.05, 3.63) is 65.7 Å². The zero-order valence-electron chi connectivity index (χ0n) is 17.2. The van der Waals surface area contributed by atoms with Crippen molar-refractivity contribution in [1.82, 2.24) is 24.8 Å². The Morgan fingerprint density at radius 2 is 1.86 bits per heavy atom. The molecule has 1 saturated heterocycles. The van der Waals surface area contributed by atoms with Crippen LogP contribution in [0.1, 0.15) is 23.5 Å². The number of piperidine rings is 1. The van der Waals surface area contributed by atoms with Crippen molar-refractivity contribution in [3.63, 3.8) is 0 Å². The summed E-state index contributed by atoms with van der Waals surface area (Å²) in [6, 6.07) is 14.2. The molecule has 0 bridgehead atoms. The predicted octanol–water partition coefficient (Wildman–Crippen LogP) is 2.44. The molecular formula is C23H29N5O. The van der Waals surface area contributed by atoms with E-state index in [2.05, 4.69) is 27.9 Å². The number of aliphatic hydroxyl groups excluding tert-OH is 1. The summed E-state index contributed by atoms with van der Waals surface area (Å²) in [5.74, 6) is 0. The molecule has 4 rings (SSSR count). The topological polar surface area (TPSA) is 65.4 Å². The number of para-hydroxylation sites is 2. The number of nitrogens with zero attached hydrogens (tertiary/aromatic N) is 5. The van der Waals surface area contributed by atoms with E-state index >= 15 is 0 Å². The normalized spacial score (nSPS) is 20.4. The molecule has 6 heteroatoms. The molecule has 0 spiro atoms. The van der Waals surface area contributed by atoms with E-state index in [0.29, 0.717) is 6.54 Å². The maximum Gasteiger partial charge on any atom is 0.0890 e. The first-order valence-electron chi connectivity index (χ1n) is 10.3. The Labute approximate surface area is 172 Å². The summed E-state index contributed by atoms with van der Waals surface area (Å²) in [5.41, 5.74) is 4.92. The SMILES string of the molecule is Cc1nc2ccccc2nc1CN1CC[C@@H](N(C)CCc2ccccn2)[C@H](O)C1. The molecule has 2 aromatic heterocycles. The molecule has 152 valence electrons. The molecule has 1 aliphatic heterocycles. The summed E-state index contributed by atoms with van der Waals surface area (Å²) < 4.78 is 0. The lowest BCUT2D eigenvalue weighted by Crippen LogP contribution is -2.53. The Bertz CT molecular complexity index is 948. The lowest BCUT2D eigenvalue weighted by Gasteiger charge is -2.40. The van der Waals surface area contributed by atoms with Gasteiger partial charge in [-0.3, -0.25) is 9.88 Å². The van der Waals surface area contributed by atoms with Crippen LogP contribution in [0.15, 0.2) is 48.7 Å². The van der Waals surface area contributed by atoms with Crippen LogP contribution < -0.4 is 0 Å². The van der Waals surface area contributed by atoms with Crippen LogP contribution in [0.2, 0.25) is 0 Å². The lowest BCUT2D eigenvalue weighted by atomic mass is 9.99. The van der Waals surface area contributed by atoms with E-state index < -0.39 is 0 Å². The van der Waals surface area contributed by atoms with Gasteiger partial charge in [0.2, 0.25) is 0 Å². The number of likely N-dealkylation sites (N-methyl/N-ethyl adjacent to an activating group) is 1. The van der Waals surface area contributed by atoms with Crippen molar-refractivity contribution >= 4 is 11.0 Å². The van der Waals surface area contributed by atoms with Crippen LogP contribution in [0.5, 0.6) is 0 Å². The minimum Gasteiger partial charge on any atom is -0.390 e. The van der Waals surface area contributed by atoms with E-state index in [1.807, 2.05) is 49.5 Å². The van der Waals surface area contributed by atoms with Gasteiger partial charge in [-0.25, -0.2) is 9.97 Å². The molecule has 0 saturated carbocycles. The molecule has 1 N–H and O–H groups in total. The summed E-state index contributed by atoms with van der Waals surface area (Å²) in [7, 11) is 2.10. The quantitative estimate of drug-likeness (QED) is 0.696. The third kappa shape index (κ3) is 4.78. The number of hydrogen-bond donors (Lipinski definition) is 1. The minimum absolute atomic E-state index is 0.179. The van der Waals surface area contributed by atoms with Gasteiger partial charge in [-0.2, -0.15) is 0 Å². The second kappa shape index (κ2) is 8.95. The van der Waals surface area contributed by atoms with Crippen molar-refractivity contribution in [3.8, 4) is 0 Å². The summed E-state index contributed by atoms with van der Waals surface area (Å²) in [6.07, 6.45) is 3.31. The lowest BCUT2D eigenvalue weighted by molar-refractivity contribution is -0.00659. The van der Waals surface area contributed by atoms with Crippen LogP contribution >= 0.6 is 0 Å². The molecule has 1 aromatic carbocycles. The highest BCUT2D eigenvalue weighted by Crippen LogP contribution is 2.20. The molecule has 3 heterocycles. The molecule has 2 atom stereocenters. The Morgan fingerprint density at radius 3 is 2.59 bits per heavy atom. The molecule has 0 aliphatic carbocycles. The first-order valence-corrected chi connectivity index (χ1v) is 10.3. The van der Waals surface area contributed by atoms with Gasteiger partial charge < -0.3 is 10.0 Å². The third-order valence-corrected chi connectivity index (χ3v) is 5.86. The van der Waals surface area contributed by atoms with E-state index in [1.54, 1.807) is 0 Å². The van der Waals surface area contributed by atoms with Crippen molar-refractivity contribution in [1.29, 1.82) is 0 Å². The van der Waals surface area contributed by atoms with Crippen LogP contribution in [0.3, 0.4) is 0 Å². The number of aromatic nitrogens is 3. The maximum atomic E-state index is 10.8. The van der Waals surface area contributed by atoms with E-state index in [0.717, 1.165) is 60.6 Å². The number of rotatable bonds is 6. The first-order chi connectivity index (χ1) is 14.1. The zero-order valence-corrected chi connectivity index (χ0v) is 17.2. The third-order valence-electron chi connectivity index (χ3n) is 5.86. The number of likely N-dealkylation sites (tertiary alicyclic amines) is 1. The van der Waals surface area contributed by atoms with E-state index in [4.69, 9.17) is 9.97 Å². The van der Waals surface area contributed by atoms with Crippen LogP contribution in [0.25, 0.3) is 11.0 Å². The minimum atomic E-state index is -0.369. The average Bonchev–Trinajstić information content (AvgIpc) is 2.73. The second-order valence-electron chi connectivity index (χ2n) is 7.95. The second-order valence-corrected chi connectivity index (χ2v) is 7.95. The van der Waals surface area contributed by atoms with E-state index in [1.165, 1.54) is 0 Å². The molecule has 0 unspecified atom stereocenters. The van der Waals surface area contributed by atoms with Crippen molar-refractivity contribution in [2.45, 2.75) is 38.5 Å². The van der Waals surface area contributed by atoms with Crippen molar-refractivity contribution < 1.29 is 5.11 Å². The summed E-state index contributed by atoms with van der Waals surface area (Å²) in [5, 5.41) is 10.8. The smallest absolute Gasteiger partial charge is 0.0890 e. The molecule has 1 aliphatic rings. The summed E-state index contributed by atoms with van der Waals surface area (Å²) in [4.78, 5) is 18.5. The molecule has 1 fully saturated rings. The molecule has 3 aromatic rings. The Hall–Kier alpha value is -2.41. The van der Waals surface area contributed by atoms with Gasteiger partial charge >= 0.3 is 0 Å². The molecule has 0 radical (unpaired) electrons. The number of aryl methyl sites for hydroxylation is 1. The number of hydrogen-bond acceptors (Lipinski definition) is 6. The number of aliphatic hydroxyl groups is 1. The van der Waals surface area contributed by atoms with Gasteiger partial charge in [-0.15, -0.1) is 0 Å². The van der Waals surface area contributed by atoms with Gasteiger partial charge in [0.25, 0.3) is 0 Å². The van der Waals surface area contributed by atoms with Gasteiger partial charge in [0.1, 0.15) is 0 Å². The summed E-state index contributed by atoms with van der Waals surface area (Å²) in [6.45, 7) is 5.25. The van der Waals surface area contributed by atoms with Gasteiger partial charge in [0.15, 0.2) is 0 Å². The first kappa shape index (κ1) is 19.9. The Balaban J connectivity index is 1.34. The fraction of sp³-hybridized carbons (Fsp3) is 0.435. The number of β-amino-alcohol motifs (C(OH)–C–C–N with tert-alkyl or cyclic N) is 1. The van der Waals surface area contributed by atoms with Crippen LogP contribution in [-0.2, 0) is 13.0 Å². The monoisotopic (exact) mass is 391 g/mol. The van der Waals surface area contributed by atoms with Gasteiger partial charge in [-0.1, -0.05) is 18.2 Å². The van der Waals surface area contributed by atoms with Gasteiger partial charge in [0.05, 0.1) is 28.5 Å². The number of pyridine rings is 1. The highest BCUT2D eigenvalue weighted by atomic mass is 16.3. The number of benzene rings is 1.